The molecule has 0 aliphatic rings. The fourth-order valence-electron chi connectivity index (χ4n) is 3.81. The van der Waals surface area contributed by atoms with Crippen LogP contribution in [0.3, 0.4) is 0 Å². The second-order valence-electron chi connectivity index (χ2n) is 9.47. The molecule has 0 aliphatic carbocycles. The number of amides is 4. The highest BCUT2D eigenvalue weighted by Crippen LogP contribution is 2.08. The number of carbonyl (C=O) groups excluding carboxylic acids is 6. The second-order valence-corrected chi connectivity index (χ2v) is 9.47. The van der Waals surface area contributed by atoms with E-state index in [1.807, 2.05) is 13.8 Å². The normalized spacial score (nSPS) is 11.4. The predicted octanol–water partition coefficient (Wildman–Crippen LogP) is -0.490. The van der Waals surface area contributed by atoms with E-state index in [4.69, 9.17) is 0 Å². The van der Waals surface area contributed by atoms with Crippen LogP contribution in [-0.4, -0.2) is 75.7 Å². The van der Waals surface area contributed by atoms with Gasteiger partial charge in [-0.2, -0.15) is 0 Å². The number of nitrogens with one attached hydrogen (secondary N) is 4. The van der Waals surface area contributed by atoms with Gasteiger partial charge in [-0.25, -0.2) is 4.98 Å². The fourth-order valence-corrected chi connectivity index (χ4v) is 3.81. The van der Waals surface area contributed by atoms with E-state index < -0.39 is 54.0 Å². The van der Waals surface area contributed by atoms with E-state index in [1.54, 1.807) is 7.05 Å². The smallest absolute Gasteiger partial charge is 0.325 e. The van der Waals surface area contributed by atoms with E-state index in [-0.39, 0.29) is 30.3 Å². The molecule has 1 atom stereocenters. The van der Waals surface area contributed by atoms with Crippen LogP contribution < -0.4 is 26.8 Å². The number of aryl methyl sites for hydroxylation is 1. The average molecular weight is 588 g/mol. The number of nitrogens with zero attached hydrogens (tertiary/aromatic N) is 3. The number of methoxy groups -OCH3 is 1. The number of aromatic nitrogens is 3. The Bertz CT molecular complexity index is 1350. The molecular formula is C27H37N7O8. The monoisotopic (exact) mass is 587 g/mol. The SMILES string of the molecule is CCC(CC)CNC(=O)Cn1cccc(NC(=O)C(CCC(=O)C(=O)NCC(=O)OC)NC(=O)c2cncn2C)c1=O. The molecule has 228 valence electrons. The van der Waals surface area contributed by atoms with E-state index in [0.717, 1.165) is 24.5 Å². The molecular weight excluding hydrogens is 550 g/mol. The highest BCUT2D eigenvalue weighted by atomic mass is 16.5. The molecule has 2 heterocycles. The van der Waals surface area contributed by atoms with Crippen LogP contribution in [0.1, 0.15) is 50.0 Å². The molecule has 2 aromatic heterocycles. The van der Waals surface area contributed by atoms with E-state index in [1.165, 1.54) is 35.4 Å². The molecule has 2 rings (SSSR count). The lowest BCUT2D eigenvalue weighted by Gasteiger charge is -2.18. The predicted molar refractivity (Wildman–Crippen MR) is 150 cm³/mol. The summed E-state index contributed by atoms with van der Waals surface area (Å²) in [5.74, 6) is -4.31. The molecule has 0 bridgehead atoms. The zero-order valence-corrected chi connectivity index (χ0v) is 24.1. The van der Waals surface area contributed by atoms with Crippen LogP contribution >= 0.6 is 0 Å². The van der Waals surface area contributed by atoms with Crippen LogP contribution in [-0.2, 0) is 42.3 Å². The summed E-state index contributed by atoms with van der Waals surface area (Å²) in [5.41, 5.74) is -0.688. The molecule has 0 aromatic carbocycles. The molecule has 1 unspecified atom stereocenters. The minimum Gasteiger partial charge on any atom is -0.468 e. The summed E-state index contributed by atoms with van der Waals surface area (Å²) in [6.45, 7) is 3.75. The zero-order valence-electron chi connectivity index (χ0n) is 24.1. The first-order chi connectivity index (χ1) is 20.0. The summed E-state index contributed by atoms with van der Waals surface area (Å²) in [4.78, 5) is 90.9. The van der Waals surface area contributed by atoms with Gasteiger partial charge in [-0.3, -0.25) is 33.6 Å². The Balaban J connectivity index is 2.15. The van der Waals surface area contributed by atoms with Crippen LogP contribution in [0, 0.1) is 5.92 Å². The number of hydrogen-bond donors (Lipinski definition) is 4. The molecule has 4 amide bonds. The molecule has 15 nitrogen and oxygen atoms in total. The van der Waals surface area contributed by atoms with Gasteiger partial charge in [-0.1, -0.05) is 26.7 Å². The molecule has 0 aliphatic heterocycles. The number of carbonyl (C=O) groups is 6. The van der Waals surface area contributed by atoms with Crippen molar-refractivity contribution in [2.45, 2.75) is 52.1 Å². The van der Waals surface area contributed by atoms with Crippen LogP contribution in [0.2, 0.25) is 0 Å². The lowest BCUT2D eigenvalue weighted by molar-refractivity contribution is -0.143. The van der Waals surface area contributed by atoms with Gasteiger partial charge in [0.15, 0.2) is 0 Å². The van der Waals surface area contributed by atoms with Crippen molar-refractivity contribution in [3.05, 3.63) is 46.9 Å². The second kappa shape index (κ2) is 16.4. The summed E-state index contributed by atoms with van der Waals surface area (Å²) in [7, 11) is 2.69. The topological polar surface area (TPSA) is 200 Å². The van der Waals surface area contributed by atoms with Gasteiger partial charge < -0.3 is 35.1 Å². The Labute approximate surface area is 242 Å². The molecule has 2 aromatic rings. The third-order valence-corrected chi connectivity index (χ3v) is 6.54. The van der Waals surface area contributed by atoms with Crippen LogP contribution in [0.4, 0.5) is 5.69 Å². The number of Topliss-reactive ketones (excluding diaryl/α,β-unsaturated/α-hetero) is 1. The van der Waals surface area contributed by atoms with Crippen molar-refractivity contribution in [1.29, 1.82) is 0 Å². The third kappa shape index (κ3) is 9.98. The van der Waals surface area contributed by atoms with Crippen molar-refractivity contribution in [3.8, 4) is 0 Å². The van der Waals surface area contributed by atoms with Gasteiger partial charge >= 0.3 is 5.97 Å². The van der Waals surface area contributed by atoms with Gasteiger partial charge in [0.05, 0.1) is 19.6 Å². The Hall–Kier alpha value is -4.82. The molecule has 42 heavy (non-hydrogen) atoms. The summed E-state index contributed by atoms with van der Waals surface area (Å²) >= 11 is 0. The third-order valence-electron chi connectivity index (χ3n) is 6.54. The van der Waals surface area contributed by atoms with Crippen molar-refractivity contribution in [1.82, 2.24) is 30.1 Å². The molecule has 0 fully saturated rings. The standard InChI is InChI=1S/C27H37N7O8/c1-5-17(6-2)12-29-22(36)15-34-11-7-8-19(27(34)41)32-24(38)18(31-25(39)20-13-28-16-33(20)3)9-10-21(35)26(40)30-14-23(37)42-4/h7-8,11,13,16-18H,5-6,9-10,12,14-15H2,1-4H3,(H,29,36)(H,30,40)(H,31,39)(H,32,38). The highest BCUT2D eigenvalue weighted by Gasteiger charge is 2.26. The number of imidazole rings is 1. The number of ketones is 1. The maximum Gasteiger partial charge on any atom is 0.325 e. The quantitative estimate of drug-likeness (QED) is 0.148. The van der Waals surface area contributed by atoms with E-state index >= 15 is 0 Å². The summed E-state index contributed by atoms with van der Waals surface area (Å²) in [6, 6.07) is 1.47. The van der Waals surface area contributed by atoms with Crippen molar-refractivity contribution < 1.29 is 33.5 Å². The molecule has 0 spiro atoms. The van der Waals surface area contributed by atoms with Gasteiger partial charge in [0, 0.05) is 26.2 Å². The molecule has 4 N–H and O–H groups in total. The van der Waals surface area contributed by atoms with Crippen LogP contribution in [0.5, 0.6) is 0 Å². The maximum absolute atomic E-state index is 13.2. The van der Waals surface area contributed by atoms with E-state index in [9.17, 15) is 33.6 Å². The molecule has 15 heteroatoms. The van der Waals surface area contributed by atoms with Crippen molar-refractivity contribution in [2.75, 3.05) is 25.5 Å². The first-order valence-electron chi connectivity index (χ1n) is 13.4. The number of rotatable bonds is 16. The Morgan fingerprint density at radius 1 is 1.07 bits per heavy atom. The van der Waals surface area contributed by atoms with Crippen LogP contribution in [0.15, 0.2) is 35.6 Å². The number of esters is 1. The summed E-state index contributed by atoms with van der Waals surface area (Å²) in [6.07, 6.45) is 5.10. The van der Waals surface area contributed by atoms with E-state index in [0.29, 0.717) is 12.5 Å². The highest BCUT2D eigenvalue weighted by molar-refractivity contribution is 6.36. The Morgan fingerprint density at radius 3 is 2.40 bits per heavy atom. The number of ether oxygens (including phenoxy) is 1. The Morgan fingerprint density at radius 2 is 1.79 bits per heavy atom. The van der Waals surface area contributed by atoms with Crippen molar-refractivity contribution in [3.63, 3.8) is 0 Å². The molecule has 0 radical (unpaired) electrons. The number of anilines is 1. The average Bonchev–Trinajstić information content (AvgIpc) is 3.41. The maximum atomic E-state index is 13.2. The van der Waals surface area contributed by atoms with Crippen molar-refractivity contribution in [2.24, 2.45) is 13.0 Å². The lowest BCUT2D eigenvalue weighted by atomic mass is 10.0. The van der Waals surface area contributed by atoms with Gasteiger partial charge in [0.25, 0.3) is 17.4 Å². The van der Waals surface area contributed by atoms with E-state index in [2.05, 4.69) is 31.0 Å². The van der Waals surface area contributed by atoms with Gasteiger partial charge in [-0.05, 0) is 24.5 Å². The lowest BCUT2D eigenvalue weighted by Crippen LogP contribution is -2.46. The fraction of sp³-hybridized carbons (Fsp3) is 0.481. The van der Waals surface area contributed by atoms with Gasteiger partial charge in [0.1, 0.15) is 30.5 Å². The minimum absolute atomic E-state index is 0.122. The van der Waals surface area contributed by atoms with Gasteiger partial charge in [-0.15, -0.1) is 0 Å². The van der Waals surface area contributed by atoms with Gasteiger partial charge in [0.2, 0.25) is 17.6 Å². The molecule has 0 saturated carbocycles. The number of pyridine rings is 1. The first kappa shape index (κ1) is 33.4. The number of hydrogen-bond acceptors (Lipinski definition) is 9. The molecule has 0 saturated heterocycles. The summed E-state index contributed by atoms with van der Waals surface area (Å²) in [5, 5.41) is 9.85. The van der Waals surface area contributed by atoms with Crippen LogP contribution in [0.25, 0.3) is 0 Å². The van der Waals surface area contributed by atoms with Crippen molar-refractivity contribution >= 4 is 41.1 Å². The Kier molecular flexibility index (Phi) is 13.1. The summed E-state index contributed by atoms with van der Waals surface area (Å²) < 4.78 is 6.96. The zero-order chi connectivity index (χ0) is 31.2. The largest absolute Gasteiger partial charge is 0.468 e. The first-order valence-corrected chi connectivity index (χ1v) is 13.4. The minimum atomic E-state index is -1.35.